The van der Waals surface area contributed by atoms with E-state index in [1.807, 2.05) is 11.3 Å². The van der Waals surface area contributed by atoms with Crippen molar-refractivity contribution in [3.8, 4) is 10.4 Å². The smallest absolute Gasteiger partial charge is 0.0346 e. The standard InChI is InChI=1S/C15H17NS/c1-2-4-13(5-3-1)15-9-8-14(17-15)11-16-10-12-6-7-12/h1-5,8-9,12,16H,6-7,10-11H2. The van der Waals surface area contributed by atoms with Gasteiger partial charge in [0.25, 0.3) is 0 Å². The molecule has 0 atom stereocenters. The Labute approximate surface area is 106 Å². The second-order valence-corrected chi connectivity index (χ2v) is 5.87. The highest BCUT2D eigenvalue weighted by molar-refractivity contribution is 7.15. The zero-order valence-corrected chi connectivity index (χ0v) is 10.7. The first-order valence-electron chi connectivity index (χ1n) is 6.27. The molecule has 1 nitrogen and oxygen atoms in total. The molecule has 1 aromatic heterocycles. The van der Waals surface area contributed by atoms with Gasteiger partial charge >= 0.3 is 0 Å². The molecule has 3 rings (SSSR count). The first-order chi connectivity index (χ1) is 8.42. The van der Waals surface area contributed by atoms with Gasteiger partial charge in [-0.25, -0.2) is 0 Å². The highest BCUT2D eigenvalue weighted by atomic mass is 32.1. The molecule has 1 N–H and O–H groups in total. The van der Waals surface area contributed by atoms with Crippen LogP contribution in [0.25, 0.3) is 10.4 Å². The van der Waals surface area contributed by atoms with Gasteiger partial charge in [-0.2, -0.15) is 0 Å². The van der Waals surface area contributed by atoms with Gasteiger partial charge in [0.1, 0.15) is 0 Å². The normalized spacial score (nSPS) is 15.1. The molecule has 17 heavy (non-hydrogen) atoms. The van der Waals surface area contributed by atoms with E-state index in [9.17, 15) is 0 Å². The van der Waals surface area contributed by atoms with Crippen LogP contribution in [0.15, 0.2) is 42.5 Å². The van der Waals surface area contributed by atoms with Gasteiger partial charge in [0, 0.05) is 16.3 Å². The maximum atomic E-state index is 3.54. The summed E-state index contributed by atoms with van der Waals surface area (Å²) in [6.07, 6.45) is 2.85. The van der Waals surface area contributed by atoms with Crippen LogP contribution in [-0.4, -0.2) is 6.54 Å². The minimum Gasteiger partial charge on any atom is -0.312 e. The van der Waals surface area contributed by atoms with Crippen LogP contribution in [0.5, 0.6) is 0 Å². The number of hydrogen-bond donors (Lipinski definition) is 1. The fraction of sp³-hybridized carbons (Fsp3) is 0.333. The van der Waals surface area contributed by atoms with Gasteiger partial charge < -0.3 is 5.32 Å². The van der Waals surface area contributed by atoms with Crippen molar-refractivity contribution < 1.29 is 0 Å². The van der Waals surface area contributed by atoms with Crippen molar-refractivity contribution in [1.29, 1.82) is 0 Å². The van der Waals surface area contributed by atoms with E-state index < -0.39 is 0 Å². The Morgan fingerprint density at radius 1 is 1.06 bits per heavy atom. The van der Waals surface area contributed by atoms with E-state index in [2.05, 4.69) is 47.8 Å². The van der Waals surface area contributed by atoms with Gasteiger partial charge in [0.15, 0.2) is 0 Å². The third-order valence-corrected chi connectivity index (χ3v) is 4.28. The van der Waals surface area contributed by atoms with Crippen molar-refractivity contribution >= 4 is 11.3 Å². The van der Waals surface area contributed by atoms with Gasteiger partial charge in [-0.15, -0.1) is 11.3 Å². The lowest BCUT2D eigenvalue weighted by Crippen LogP contribution is -2.15. The van der Waals surface area contributed by atoms with Gasteiger partial charge in [-0.1, -0.05) is 30.3 Å². The van der Waals surface area contributed by atoms with Crippen LogP contribution in [0.3, 0.4) is 0 Å². The molecule has 0 saturated heterocycles. The molecule has 1 saturated carbocycles. The molecule has 1 aliphatic rings. The number of thiophene rings is 1. The number of hydrogen-bond acceptors (Lipinski definition) is 2. The molecule has 0 bridgehead atoms. The summed E-state index contributed by atoms with van der Waals surface area (Å²) < 4.78 is 0. The lowest BCUT2D eigenvalue weighted by atomic mass is 10.2. The topological polar surface area (TPSA) is 12.0 Å². The Kier molecular flexibility index (Phi) is 3.25. The second-order valence-electron chi connectivity index (χ2n) is 4.71. The van der Waals surface area contributed by atoms with Crippen LogP contribution in [0.2, 0.25) is 0 Å². The summed E-state index contributed by atoms with van der Waals surface area (Å²) in [5.41, 5.74) is 1.32. The summed E-state index contributed by atoms with van der Waals surface area (Å²) in [7, 11) is 0. The molecular formula is C15H17NS. The Morgan fingerprint density at radius 2 is 1.88 bits per heavy atom. The van der Waals surface area contributed by atoms with Crippen LogP contribution in [-0.2, 0) is 6.54 Å². The minimum atomic E-state index is 0.962. The lowest BCUT2D eigenvalue weighted by molar-refractivity contribution is 0.643. The van der Waals surface area contributed by atoms with Gasteiger partial charge in [0.05, 0.1) is 0 Å². The summed E-state index contributed by atoms with van der Waals surface area (Å²) in [5, 5.41) is 3.54. The predicted molar refractivity (Wildman–Crippen MR) is 74.2 cm³/mol. The summed E-state index contributed by atoms with van der Waals surface area (Å²) >= 11 is 1.90. The number of benzene rings is 1. The van der Waals surface area contributed by atoms with Gasteiger partial charge in [-0.3, -0.25) is 0 Å². The van der Waals surface area contributed by atoms with Crippen LogP contribution in [0, 0.1) is 5.92 Å². The highest BCUT2D eigenvalue weighted by Crippen LogP contribution is 2.29. The Bertz CT molecular complexity index is 471. The van der Waals surface area contributed by atoms with E-state index in [4.69, 9.17) is 0 Å². The van der Waals surface area contributed by atoms with E-state index in [0.29, 0.717) is 0 Å². The molecule has 2 heteroatoms. The summed E-state index contributed by atoms with van der Waals surface area (Å²) in [6.45, 7) is 2.21. The lowest BCUT2D eigenvalue weighted by Gasteiger charge is -2.00. The highest BCUT2D eigenvalue weighted by Gasteiger charge is 2.20. The average molecular weight is 243 g/mol. The first kappa shape index (κ1) is 11.0. The zero-order valence-electron chi connectivity index (χ0n) is 9.86. The largest absolute Gasteiger partial charge is 0.312 e. The summed E-state index contributed by atoms with van der Waals surface area (Å²) in [5.74, 6) is 0.962. The van der Waals surface area contributed by atoms with Crippen LogP contribution >= 0.6 is 11.3 Å². The minimum absolute atomic E-state index is 0.962. The van der Waals surface area contributed by atoms with Crippen LogP contribution in [0.1, 0.15) is 17.7 Å². The Morgan fingerprint density at radius 3 is 2.65 bits per heavy atom. The van der Waals surface area contributed by atoms with E-state index in [0.717, 1.165) is 12.5 Å². The van der Waals surface area contributed by atoms with E-state index in [1.165, 1.54) is 34.7 Å². The molecule has 88 valence electrons. The molecule has 0 amide bonds. The van der Waals surface area contributed by atoms with E-state index in [-0.39, 0.29) is 0 Å². The predicted octanol–water partition coefficient (Wildman–Crippen LogP) is 3.91. The van der Waals surface area contributed by atoms with Crippen molar-refractivity contribution in [3.63, 3.8) is 0 Å². The van der Waals surface area contributed by atoms with Crippen molar-refractivity contribution in [2.45, 2.75) is 19.4 Å². The van der Waals surface area contributed by atoms with Gasteiger partial charge in [0.2, 0.25) is 0 Å². The molecule has 1 aliphatic carbocycles. The monoisotopic (exact) mass is 243 g/mol. The fourth-order valence-corrected chi connectivity index (χ4v) is 2.93. The zero-order chi connectivity index (χ0) is 11.5. The Balaban J connectivity index is 1.61. The molecule has 0 spiro atoms. The molecule has 0 radical (unpaired) electrons. The summed E-state index contributed by atoms with van der Waals surface area (Å²) in [6, 6.07) is 15.1. The third kappa shape index (κ3) is 2.96. The SMILES string of the molecule is c1ccc(-c2ccc(CNCC3CC3)s2)cc1. The molecule has 1 aromatic carbocycles. The second kappa shape index (κ2) is 5.03. The molecule has 0 aliphatic heterocycles. The van der Waals surface area contributed by atoms with E-state index in [1.54, 1.807) is 0 Å². The van der Waals surface area contributed by atoms with Crippen LogP contribution in [0.4, 0.5) is 0 Å². The molecule has 1 heterocycles. The van der Waals surface area contributed by atoms with E-state index >= 15 is 0 Å². The van der Waals surface area contributed by atoms with Crippen molar-refractivity contribution in [1.82, 2.24) is 5.32 Å². The molecular weight excluding hydrogens is 226 g/mol. The quantitative estimate of drug-likeness (QED) is 0.839. The van der Waals surface area contributed by atoms with Crippen molar-refractivity contribution in [2.24, 2.45) is 5.92 Å². The molecule has 2 aromatic rings. The maximum Gasteiger partial charge on any atom is 0.0346 e. The van der Waals surface area contributed by atoms with Gasteiger partial charge in [-0.05, 0) is 43.0 Å². The number of nitrogens with one attached hydrogen (secondary N) is 1. The summed E-state index contributed by atoms with van der Waals surface area (Å²) in [4.78, 5) is 2.80. The molecule has 1 fully saturated rings. The van der Waals surface area contributed by atoms with Crippen LogP contribution < -0.4 is 5.32 Å². The van der Waals surface area contributed by atoms with Crippen molar-refractivity contribution in [3.05, 3.63) is 47.3 Å². The first-order valence-corrected chi connectivity index (χ1v) is 7.08. The maximum absolute atomic E-state index is 3.54. The Hall–Kier alpha value is -1.12. The molecule has 0 unspecified atom stereocenters. The van der Waals surface area contributed by atoms with Crippen molar-refractivity contribution in [2.75, 3.05) is 6.54 Å². The average Bonchev–Trinajstić information content (AvgIpc) is 3.07. The number of rotatable bonds is 5. The fourth-order valence-electron chi connectivity index (χ4n) is 1.95. The third-order valence-electron chi connectivity index (χ3n) is 3.15.